The Labute approximate surface area is 139 Å². The molecule has 1 aliphatic rings. The van der Waals surface area contributed by atoms with Gasteiger partial charge in [-0.1, -0.05) is 47.5 Å². The maximum absolute atomic E-state index is 9.82. The predicted octanol–water partition coefficient (Wildman–Crippen LogP) is 4.37. The lowest BCUT2D eigenvalue weighted by molar-refractivity contribution is 0.126. The second kappa shape index (κ2) is 6.53. The van der Waals surface area contributed by atoms with Gasteiger partial charge >= 0.3 is 0 Å². The monoisotopic (exact) mass is 332 g/mol. The summed E-state index contributed by atoms with van der Waals surface area (Å²) in [5.74, 6) is 0. The third kappa shape index (κ3) is 3.02. The van der Waals surface area contributed by atoms with Gasteiger partial charge in [-0.15, -0.1) is 0 Å². The van der Waals surface area contributed by atoms with Gasteiger partial charge in [0.1, 0.15) is 12.9 Å². The lowest BCUT2D eigenvalue weighted by Gasteiger charge is -2.33. The summed E-state index contributed by atoms with van der Waals surface area (Å²) in [6.45, 7) is -0.140. The van der Waals surface area contributed by atoms with E-state index in [1.807, 2.05) is 59.5 Å². The van der Waals surface area contributed by atoms with Gasteiger partial charge in [0.2, 0.25) is 0 Å². The van der Waals surface area contributed by atoms with Crippen molar-refractivity contribution in [3.05, 3.63) is 75.8 Å². The Morgan fingerprint density at radius 2 is 1.55 bits per heavy atom. The Kier molecular flexibility index (Phi) is 4.48. The summed E-state index contributed by atoms with van der Waals surface area (Å²) in [5.41, 5.74) is 2.84. The van der Waals surface area contributed by atoms with Crippen LogP contribution >= 0.6 is 23.2 Å². The lowest BCUT2D eigenvalue weighted by Crippen LogP contribution is -2.29. The average Bonchev–Trinajstić information content (AvgIpc) is 2.55. The van der Waals surface area contributed by atoms with Crippen LogP contribution in [-0.2, 0) is 0 Å². The molecule has 112 valence electrons. The van der Waals surface area contributed by atoms with Crippen LogP contribution in [0.2, 0.25) is 10.0 Å². The number of aliphatic hydroxyl groups excluding tert-OH is 1. The van der Waals surface area contributed by atoms with Gasteiger partial charge in [-0.2, -0.15) is 0 Å². The minimum Gasteiger partial charge on any atom is -0.376 e. The van der Waals surface area contributed by atoms with Gasteiger partial charge < -0.3 is 10.0 Å². The zero-order chi connectivity index (χ0) is 15.5. The molecule has 0 amide bonds. The second-order valence-electron chi connectivity index (χ2n) is 4.89. The van der Waals surface area contributed by atoms with E-state index in [0.29, 0.717) is 10.0 Å². The topological polar surface area (TPSA) is 35.8 Å². The fraction of sp³-hybridized carbons (Fsp3) is 0.118. The van der Waals surface area contributed by atoms with Crippen LogP contribution in [0.15, 0.2) is 59.6 Å². The van der Waals surface area contributed by atoms with Crippen LogP contribution in [0.1, 0.15) is 17.3 Å². The fourth-order valence-electron chi connectivity index (χ4n) is 2.44. The predicted molar refractivity (Wildman–Crippen MR) is 91.0 cm³/mol. The van der Waals surface area contributed by atoms with Gasteiger partial charge in [0.05, 0.1) is 0 Å². The van der Waals surface area contributed by atoms with E-state index in [2.05, 4.69) is 4.99 Å². The minimum atomic E-state index is -0.280. The van der Waals surface area contributed by atoms with Gasteiger partial charge in [0, 0.05) is 22.0 Å². The highest BCUT2D eigenvalue weighted by Gasteiger charge is 2.24. The number of hydrogen-bond acceptors (Lipinski definition) is 3. The summed E-state index contributed by atoms with van der Waals surface area (Å²) < 4.78 is 0. The van der Waals surface area contributed by atoms with Crippen molar-refractivity contribution in [2.45, 2.75) is 6.17 Å². The maximum atomic E-state index is 9.82. The number of halogens is 2. The third-order valence-corrected chi connectivity index (χ3v) is 4.03. The Morgan fingerprint density at radius 3 is 2.14 bits per heavy atom. The highest BCUT2D eigenvalue weighted by molar-refractivity contribution is 6.30. The highest BCUT2D eigenvalue weighted by Crippen LogP contribution is 2.33. The number of hydrogen-bond donors (Lipinski definition) is 1. The van der Waals surface area contributed by atoms with E-state index >= 15 is 0 Å². The van der Waals surface area contributed by atoms with E-state index in [0.717, 1.165) is 16.8 Å². The molecule has 22 heavy (non-hydrogen) atoms. The molecule has 1 heterocycles. The summed E-state index contributed by atoms with van der Waals surface area (Å²) in [6.07, 6.45) is 3.36. The number of allylic oxidation sites excluding steroid dienone is 1. The first kappa shape index (κ1) is 15.1. The van der Waals surface area contributed by atoms with Crippen molar-refractivity contribution in [1.29, 1.82) is 0 Å². The van der Waals surface area contributed by atoms with Gasteiger partial charge in [0.15, 0.2) is 0 Å². The van der Waals surface area contributed by atoms with Crippen molar-refractivity contribution in [3.8, 4) is 0 Å². The van der Waals surface area contributed by atoms with Crippen LogP contribution in [0, 0.1) is 0 Å². The quantitative estimate of drug-likeness (QED) is 0.905. The number of aliphatic hydroxyl groups is 1. The van der Waals surface area contributed by atoms with Crippen LogP contribution in [-0.4, -0.2) is 23.0 Å². The van der Waals surface area contributed by atoms with Gasteiger partial charge in [-0.05, 0) is 41.5 Å². The van der Waals surface area contributed by atoms with Crippen LogP contribution in [0.5, 0.6) is 0 Å². The van der Waals surface area contributed by atoms with Crippen molar-refractivity contribution in [1.82, 2.24) is 4.90 Å². The fourth-order valence-corrected chi connectivity index (χ4v) is 2.69. The molecule has 2 aromatic rings. The van der Waals surface area contributed by atoms with Crippen LogP contribution in [0.25, 0.3) is 5.70 Å². The summed E-state index contributed by atoms with van der Waals surface area (Å²) in [7, 11) is 0. The number of aliphatic imine (C=N–C) groups is 1. The third-order valence-electron chi connectivity index (χ3n) is 3.52. The van der Waals surface area contributed by atoms with Crippen LogP contribution in [0.4, 0.5) is 0 Å². The molecule has 0 saturated carbocycles. The van der Waals surface area contributed by atoms with Crippen molar-refractivity contribution in [3.63, 3.8) is 0 Å². The second-order valence-corrected chi connectivity index (χ2v) is 5.77. The maximum Gasteiger partial charge on any atom is 0.148 e. The van der Waals surface area contributed by atoms with E-state index in [9.17, 15) is 5.11 Å². The molecule has 0 bridgehead atoms. The molecule has 0 radical (unpaired) electrons. The molecule has 5 heteroatoms. The molecule has 0 fully saturated rings. The number of benzene rings is 2. The molecule has 0 aliphatic carbocycles. The van der Waals surface area contributed by atoms with Crippen molar-refractivity contribution in [2.24, 2.45) is 4.99 Å². The number of nitrogens with zero attached hydrogens (tertiary/aromatic N) is 2. The molecular weight excluding hydrogens is 319 g/mol. The smallest absolute Gasteiger partial charge is 0.148 e. The summed E-state index contributed by atoms with van der Waals surface area (Å²) in [6, 6.07) is 15.0. The molecule has 2 aromatic carbocycles. The normalized spacial score (nSPS) is 17.5. The van der Waals surface area contributed by atoms with E-state index < -0.39 is 0 Å². The molecule has 1 aliphatic heterocycles. The molecule has 1 atom stereocenters. The Balaban J connectivity index is 1.95. The first-order chi connectivity index (χ1) is 10.7. The first-order valence-corrected chi connectivity index (χ1v) is 7.57. The number of rotatable bonds is 3. The van der Waals surface area contributed by atoms with Crippen molar-refractivity contribution in [2.75, 3.05) is 6.73 Å². The van der Waals surface area contributed by atoms with Crippen LogP contribution in [0.3, 0.4) is 0 Å². The summed E-state index contributed by atoms with van der Waals surface area (Å²) >= 11 is 11.9. The standard InChI is InChI=1S/C17H14Cl2N2O/c18-14-5-1-12(2-6-14)16-9-10-20-17(21(16)11-22)13-3-7-15(19)8-4-13/h1-10,17,22H,11H2. The summed E-state index contributed by atoms with van der Waals surface area (Å²) in [5, 5.41) is 11.2. The van der Waals surface area contributed by atoms with Crippen molar-refractivity contribution >= 4 is 35.1 Å². The molecule has 3 rings (SSSR count). The molecule has 3 nitrogen and oxygen atoms in total. The largest absolute Gasteiger partial charge is 0.376 e. The van der Waals surface area contributed by atoms with Gasteiger partial charge in [-0.25, -0.2) is 0 Å². The van der Waals surface area contributed by atoms with E-state index in [1.165, 1.54) is 0 Å². The molecular formula is C17H14Cl2N2O. The van der Waals surface area contributed by atoms with Crippen molar-refractivity contribution < 1.29 is 5.11 Å². The molecule has 1 N–H and O–H groups in total. The van der Waals surface area contributed by atoms with E-state index in [-0.39, 0.29) is 12.9 Å². The lowest BCUT2D eigenvalue weighted by atomic mass is 10.1. The van der Waals surface area contributed by atoms with Crippen LogP contribution < -0.4 is 0 Å². The van der Waals surface area contributed by atoms with Gasteiger partial charge in [-0.3, -0.25) is 4.99 Å². The Morgan fingerprint density at radius 1 is 0.955 bits per heavy atom. The molecule has 0 saturated heterocycles. The highest BCUT2D eigenvalue weighted by atomic mass is 35.5. The van der Waals surface area contributed by atoms with E-state index in [4.69, 9.17) is 23.2 Å². The minimum absolute atomic E-state index is 0.140. The zero-order valence-corrected chi connectivity index (χ0v) is 13.2. The molecule has 1 unspecified atom stereocenters. The van der Waals surface area contributed by atoms with Gasteiger partial charge in [0.25, 0.3) is 0 Å². The Hall–Kier alpha value is -1.81. The molecule has 0 spiro atoms. The summed E-state index contributed by atoms with van der Waals surface area (Å²) in [4.78, 5) is 6.30. The average molecular weight is 333 g/mol. The van der Waals surface area contributed by atoms with E-state index in [1.54, 1.807) is 6.21 Å². The molecule has 0 aromatic heterocycles. The zero-order valence-electron chi connectivity index (χ0n) is 11.7. The first-order valence-electron chi connectivity index (χ1n) is 6.81. The Bertz CT molecular complexity index is 708. The SMILES string of the molecule is OCN1C(c2ccc(Cl)cc2)=CC=NC1c1ccc(Cl)cc1.